The van der Waals surface area contributed by atoms with Gasteiger partial charge in [0.15, 0.2) is 0 Å². The number of alkyl halides is 2. The van der Waals surface area contributed by atoms with E-state index in [9.17, 15) is 18.7 Å². The van der Waals surface area contributed by atoms with Crippen molar-refractivity contribution in [3.63, 3.8) is 0 Å². The minimum Gasteiger partial charge on any atom is -0.398 e. The van der Waals surface area contributed by atoms with Gasteiger partial charge >= 0.3 is 0 Å². The Kier molecular flexibility index (Phi) is 8.83. The number of anilines is 2. The topological polar surface area (TPSA) is 75.3 Å². The Balaban J connectivity index is 2.48. The molecular weight excluding hydrogens is 326 g/mol. The van der Waals surface area contributed by atoms with Crippen LogP contribution in [-0.2, 0) is 4.79 Å². The first kappa shape index (κ1) is 21.4. The van der Waals surface area contributed by atoms with Crippen LogP contribution in [0.5, 0.6) is 0 Å². The summed E-state index contributed by atoms with van der Waals surface area (Å²) in [6, 6.07) is 3.91. The number of benzene rings is 1. The summed E-state index contributed by atoms with van der Waals surface area (Å²) in [5, 5.41) is 12.8. The molecule has 1 amide bonds. The van der Waals surface area contributed by atoms with Crippen LogP contribution in [0, 0.1) is 0 Å². The SMILES string of the molecule is CCCCCCCCC[C@](C)(O)C(=O)Nc1ccc(N)c(C(F)F)c1. The van der Waals surface area contributed by atoms with E-state index in [1.807, 2.05) is 0 Å². The van der Waals surface area contributed by atoms with Crippen molar-refractivity contribution in [2.75, 3.05) is 11.1 Å². The van der Waals surface area contributed by atoms with Gasteiger partial charge in [0.2, 0.25) is 0 Å². The van der Waals surface area contributed by atoms with E-state index >= 15 is 0 Å². The fourth-order valence-corrected chi connectivity index (χ4v) is 2.65. The highest BCUT2D eigenvalue weighted by Crippen LogP contribution is 2.28. The van der Waals surface area contributed by atoms with Crippen molar-refractivity contribution >= 4 is 17.3 Å². The molecule has 142 valence electrons. The first-order valence-corrected chi connectivity index (χ1v) is 8.99. The molecule has 0 radical (unpaired) electrons. The third-order valence-electron chi connectivity index (χ3n) is 4.34. The zero-order valence-electron chi connectivity index (χ0n) is 15.2. The highest BCUT2D eigenvalue weighted by molar-refractivity contribution is 5.97. The van der Waals surface area contributed by atoms with E-state index in [0.29, 0.717) is 6.42 Å². The number of amides is 1. The molecule has 6 heteroatoms. The molecule has 0 aliphatic heterocycles. The third kappa shape index (κ3) is 7.38. The molecule has 1 atom stereocenters. The van der Waals surface area contributed by atoms with Crippen molar-refractivity contribution in [2.24, 2.45) is 0 Å². The number of aliphatic hydroxyl groups is 1. The first-order valence-electron chi connectivity index (χ1n) is 8.99. The summed E-state index contributed by atoms with van der Waals surface area (Å²) in [5.41, 5.74) is 3.81. The summed E-state index contributed by atoms with van der Waals surface area (Å²) < 4.78 is 25.7. The van der Waals surface area contributed by atoms with Crippen LogP contribution in [0.15, 0.2) is 18.2 Å². The predicted molar refractivity (Wildman–Crippen MR) is 97.7 cm³/mol. The quantitative estimate of drug-likeness (QED) is 0.384. The van der Waals surface area contributed by atoms with Crippen LogP contribution >= 0.6 is 0 Å². The second kappa shape index (κ2) is 10.3. The zero-order valence-corrected chi connectivity index (χ0v) is 15.2. The average molecular weight is 356 g/mol. The molecule has 0 heterocycles. The molecule has 0 saturated carbocycles. The fraction of sp³-hybridized carbons (Fsp3) is 0.632. The van der Waals surface area contributed by atoms with Crippen molar-refractivity contribution in [1.29, 1.82) is 0 Å². The summed E-state index contributed by atoms with van der Waals surface area (Å²) in [5.74, 6) is -0.594. The van der Waals surface area contributed by atoms with Gasteiger partial charge in [-0.25, -0.2) is 8.78 Å². The summed E-state index contributed by atoms with van der Waals surface area (Å²) in [4.78, 5) is 12.2. The Hall–Kier alpha value is -1.69. The van der Waals surface area contributed by atoms with E-state index in [0.717, 1.165) is 25.3 Å². The van der Waals surface area contributed by atoms with Gasteiger partial charge in [0.05, 0.1) is 0 Å². The molecule has 25 heavy (non-hydrogen) atoms. The number of hydrogen-bond acceptors (Lipinski definition) is 3. The molecule has 0 unspecified atom stereocenters. The smallest absolute Gasteiger partial charge is 0.265 e. The third-order valence-corrected chi connectivity index (χ3v) is 4.34. The monoisotopic (exact) mass is 356 g/mol. The molecule has 1 rings (SSSR count). The molecule has 0 fully saturated rings. The van der Waals surface area contributed by atoms with Crippen molar-refractivity contribution < 1.29 is 18.7 Å². The van der Waals surface area contributed by atoms with Gasteiger partial charge in [-0.05, 0) is 31.5 Å². The van der Waals surface area contributed by atoms with E-state index in [-0.39, 0.29) is 16.9 Å². The van der Waals surface area contributed by atoms with Gasteiger partial charge in [-0.15, -0.1) is 0 Å². The molecule has 1 aromatic rings. The van der Waals surface area contributed by atoms with Crippen LogP contribution in [-0.4, -0.2) is 16.6 Å². The van der Waals surface area contributed by atoms with E-state index in [1.165, 1.54) is 44.7 Å². The summed E-state index contributed by atoms with van der Waals surface area (Å²) in [7, 11) is 0. The Morgan fingerprint density at radius 3 is 2.40 bits per heavy atom. The highest BCUT2D eigenvalue weighted by Gasteiger charge is 2.29. The Morgan fingerprint density at radius 2 is 1.80 bits per heavy atom. The molecule has 0 aliphatic rings. The summed E-state index contributed by atoms with van der Waals surface area (Å²) in [6.07, 6.45) is 5.25. The van der Waals surface area contributed by atoms with Crippen molar-refractivity contribution in [2.45, 2.75) is 77.2 Å². The standard InChI is InChI=1S/C19H30F2N2O2/c1-3-4-5-6-7-8-9-12-19(2,25)18(24)23-14-10-11-16(22)15(13-14)17(20)21/h10-11,13,17,25H,3-9,12,22H2,1-2H3,(H,23,24)/t19-/m0/s1. The fourth-order valence-electron chi connectivity index (χ4n) is 2.65. The minimum absolute atomic E-state index is 0.0252. The van der Waals surface area contributed by atoms with Crippen LogP contribution in [0.4, 0.5) is 20.2 Å². The number of carbonyl (C=O) groups is 1. The van der Waals surface area contributed by atoms with Gasteiger partial charge in [-0.1, -0.05) is 51.9 Å². The van der Waals surface area contributed by atoms with Crippen molar-refractivity contribution in [1.82, 2.24) is 0 Å². The molecule has 0 bridgehead atoms. The molecule has 0 spiro atoms. The number of rotatable bonds is 11. The van der Waals surface area contributed by atoms with Crippen LogP contribution in [0.1, 0.15) is 77.2 Å². The first-order chi connectivity index (χ1) is 11.8. The lowest BCUT2D eigenvalue weighted by Gasteiger charge is -2.22. The maximum Gasteiger partial charge on any atom is 0.265 e. The number of halogens is 2. The maximum atomic E-state index is 12.9. The molecule has 0 aliphatic carbocycles. The Labute approximate surface area is 148 Å². The van der Waals surface area contributed by atoms with Crippen LogP contribution < -0.4 is 11.1 Å². The largest absolute Gasteiger partial charge is 0.398 e. The lowest BCUT2D eigenvalue weighted by molar-refractivity contribution is -0.133. The van der Waals surface area contributed by atoms with Crippen LogP contribution in [0.2, 0.25) is 0 Å². The number of nitrogens with two attached hydrogens (primary N) is 1. The average Bonchev–Trinajstić information content (AvgIpc) is 2.55. The van der Waals surface area contributed by atoms with Gasteiger partial charge in [0.1, 0.15) is 5.60 Å². The predicted octanol–water partition coefficient (Wildman–Crippen LogP) is 5.04. The van der Waals surface area contributed by atoms with E-state index in [4.69, 9.17) is 5.73 Å². The second-order valence-corrected chi connectivity index (χ2v) is 6.74. The van der Waals surface area contributed by atoms with Crippen molar-refractivity contribution in [3.05, 3.63) is 23.8 Å². The zero-order chi connectivity index (χ0) is 18.9. The minimum atomic E-state index is -2.72. The van der Waals surface area contributed by atoms with E-state index in [1.54, 1.807) is 0 Å². The van der Waals surface area contributed by atoms with Crippen molar-refractivity contribution in [3.8, 4) is 0 Å². The highest BCUT2D eigenvalue weighted by atomic mass is 19.3. The molecule has 4 nitrogen and oxygen atoms in total. The normalized spacial score (nSPS) is 13.7. The van der Waals surface area contributed by atoms with Gasteiger partial charge in [0, 0.05) is 16.9 Å². The van der Waals surface area contributed by atoms with Gasteiger partial charge in [0.25, 0.3) is 12.3 Å². The van der Waals surface area contributed by atoms with Gasteiger partial charge < -0.3 is 16.2 Å². The summed E-state index contributed by atoms with van der Waals surface area (Å²) in [6.45, 7) is 3.62. The van der Waals surface area contributed by atoms with Crippen LogP contribution in [0.3, 0.4) is 0 Å². The second-order valence-electron chi connectivity index (χ2n) is 6.74. The van der Waals surface area contributed by atoms with Gasteiger partial charge in [-0.3, -0.25) is 4.79 Å². The van der Waals surface area contributed by atoms with E-state index in [2.05, 4.69) is 12.2 Å². The molecule has 4 N–H and O–H groups in total. The molecular formula is C19H30F2N2O2. The van der Waals surface area contributed by atoms with Gasteiger partial charge in [-0.2, -0.15) is 0 Å². The number of nitrogens with one attached hydrogen (secondary N) is 1. The lowest BCUT2D eigenvalue weighted by Crippen LogP contribution is -2.40. The maximum absolute atomic E-state index is 12.9. The number of hydrogen-bond donors (Lipinski definition) is 3. The molecule has 0 aromatic heterocycles. The molecule has 0 saturated heterocycles. The molecule has 1 aromatic carbocycles. The number of carbonyl (C=O) groups excluding carboxylic acids is 1. The Bertz CT molecular complexity index is 548. The summed E-state index contributed by atoms with van der Waals surface area (Å²) >= 11 is 0. The number of unbranched alkanes of at least 4 members (excludes halogenated alkanes) is 6. The number of nitrogen functional groups attached to an aromatic ring is 1. The van der Waals surface area contributed by atoms with Crippen LogP contribution in [0.25, 0.3) is 0 Å². The van der Waals surface area contributed by atoms with E-state index < -0.39 is 17.9 Å². The lowest BCUT2D eigenvalue weighted by atomic mass is 9.96. The Morgan fingerprint density at radius 1 is 1.20 bits per heavy atom.